The Morgan fingerprint density at radius 2 is 1.85 bits per heavy atom. The fourth-order valence-corrected chi connectivity index (χ4v) is 2.63. The third-order valence-electron chi connectivity index (χ3n) is 3.79. The number of hydrogen-bond acceptors (Lipinski definition) is 2. The van der Waals surface area contributed by atoms with Gasteiger partial charge in [-0.15, -0.1) is 0 Å². The van der Waals surface area contributed by atoms with Crippen molar-refractivity contribution in [1.29, 1.82) is 0 Å². The minimum Gasteiger partial charge on any atom is -0.489 e. The molecule has 0 aromatic heterocycles. The molecule has 100 valence electrons. The third-order valence-corrected chi connectivity index (χ3v) is 3.79. The van der Waals surface area contributed by atoms with Crippen LogP contribution in [0.4, 0.5) is 0 Å². The van der Waals surface area contributed by atoms with Crippen molar-refractivity contribution >= 4 is 21.5 Å². The van der Waals surface area contributed by atoms with Gasteiger partial charge in [-0.2, -0.15) is 0 Å². The van der Waals surface area contributed by atoms with Crippen molar-refractivity contribution < 1.29 is 9.47 Å². The van der Waals surface area contributed by atoms with Crippen molar-refractivity contribution in [3.05, 3.63) is 54.1 Å². The first-order valence-electron chi connectivity index (χ1n) is 6.98. The molecule has 1 saturated heterocycles. The van der Waals surface area contributed by atoms with Crippen molar-refractivity contribution in [3.63, 3.8) is 0 Å². The van der Waals surface area contributed by atoms with Crippen molar-refractivity contribution in [1.82, 2.24) is 0 Å². The molecule has 3 aromatic carbocycles. The molecule has 0 amide bonds. The zero-order valence-corrected chi connectivity index (χ0v) is 11.4. The molecule has 1 atom stereocenters. The maximum atomic E-state index is 6.09. The number of rotatable bonds is 3. The average molecular weight is 264 g/mol. The first kappa shape index (κ1) is 11.7. The highest BCUT2D eigenvalue weighted by Gasteiger charge is 2.23. The summed E-state index contributed by atoms with van der Waals surface area (Å²) in [7, 11) is 0. The highest BCUT2D eigenvalue weighted by Crippen LogP contribution is 2.35. The summed E-state index contributed by atoms with van der Waals surface area (Å²) in [4.78, 5) is 0. The van der Waals surface area contributed by atoms with Gasteiger partial charge in [0, 0.05) is 10.8 Å². The number of aryl methyl sites for hydroxylation is 1. The fourth-order valence-electron chi connectivity index (χ4n) is 2.63. The van der Waals surface area contributed by atoms with Gasteiger partial charge in [-0.1, -0.05) is 42.0 Å². The smallest absolute Gasteiger partial charge is 0.135 e. The largest absolute Gasteiger partial charge is 0.489 e. The lowest BCUT2D eigenvalue weighted by Crippen LogP contribution is -2.04. The highest BCUT2D eigenvalue weighted by molar-refractivity contribution is 6.05. The molecule has 3 aromatic rings. The molecule has 2 nitrogen and oxygen atoms in total. The quantitative estimate of drug-likeness (QED) is 0.525. The fraction of sp³-hybridized carbons (Fsp3) is 0.222. The van der Waals surface area contributed by atoms with Gasteiger partial charge in [0.1, 0.15) is 18.5 Å². The van der Waals surface area contributed by atoms with E-state index in [1.54, 1.807) is 0 Å². The van der Waals surface area contributed by atoms with E-state index in [0.29, 0.717) is 6.61 Å². The molecule has 0 radical (unpaired) electrons. The standard InChI is InChI=1S/C18H16O2/c1-12-6-7-14-9-13-4-2-3-5-16(13)18(17(14)8-12)20-11-15-10-19-15/h2-9,15H,10-11H2,1H3. The molecule has 2 heteroatoms. The Labute approximate surface area is 117 Å². The van der Waals surface area contributed by atoms with Crippen LogP contribution < -0.4 is 4.74 Å². The predicted molar refractivity (Wildman–Crippen MR) is 81.4 cm³/mol. The first-order valence-corrected chi connectivity index (χ1v) is 6.98. The number of fused-ring (bicyclic) bond motifs is 2. The van der Waals surface area contributed by atoms with Gasteiger partial charge in [0.15, 0.2) is 0 Å². The van der Waals surface area contributed by atoms with Crippen LogP contribution in [0.15, 0.2) is 48.5 Å². The maximum Gasteiger partial charge on any atom is 0.135 e. The summed E-state index contributed by atoms with van der Waals surface area (Å²) in [5.41, 5.74) is 1.25. The van der Waals surface area contributed by atoms with Crippen LogP contribution in [0.5, 0.6) is 5.75 Å². The lowest BCUT2D eigenvalue weighted by molar-refractivity contribution is 0.267. The Morgan fingerprint density at radius 3 is 2.70 bits per heavy atom. The van der Waals surface area contributed by atoms with Gasteiger partial charge in [0.25, 0.3) is 0 Å². The van der Waals surface area contributed by atoms with Crippen LogP contribution in [0.2, 0.25) is 0 Å². The van der Waals surface area contributed by atoms with E-state index in [1.807, 2.05) is 0 Å². The van der Waals surface area contributed by atoms with Crippen molar-refractivity contribution in [2.24, 2.45) is 0 Å². The van der Waals surface area contributed by atoms with Crippen LogP contribution in [-0.4, -0.2) is 19.3 Å². The third kappa shape index (κ3) is 2.02. The Morgan fingerprint density at radius 1 is 1.05 bits per heavy atom. The second kappa shape index (κ2) is 4.50. The Kier molecular flexibility index (Phi) is 2.64. The number of ether oxygens (including phenoxy) is 2. The SMILES string of the molecule is Cc1ccc2cc3ccccc3c(OCC3CO3)c2c1. The van der Waals surface area contributed by atoms with Crippen LogP contribution in [-0.2, 0) is 4.74 Å². The molecule has 20 heavy (non-hydrogen) atoms. The van der Waals surface area contributed by atoms with E-state index >= 15 is 0 Å². The Balaban J connectivity index is 1.97. The second-order valence-electron chi connectivity index (χ2n) is 5.42. The lowest BCUT2D eigenvalue weighted by Gasteiger charge is -2.13. The molecule has 0 bridgehead atoms. The number of hydrogen-bond donors (Lipinski definition) is 0. The van der Waals surface area contributed by atoms with Gasteiger partial charge in [-0.05, 0) is 29.8 Å². The van der Waals surface area contributed by atoms with Crippen LogP contribution in [0.1, 0.15) is 5.56 Å². The highest BCUT2D eigenvalue weighted by atomic mass is 16.6. The molecule has 1 fully saturated rings. The Hall–Kier alpha value is -2.06. The molecular weight excluding hydrogens is 248 g/mol. The van der Waals surface area contributed by atoms with Crippen LogP contribution >= 0.6 is 0 Å². The van der Waals surface area contributed by atoms with E-state index in [2.05, 4.69) is 55.5 Å². The molecule has 0 N–H and O–H groups in total. The van der Waals surface area contributed by atoms with E-state index in [0.717, 1.165) is 12.4 Å². The van der Waals surface area contributed by atoms with Crippen molar-refractivity contribution in [3.8, 4) is 5.75 Å². The van der Waals surface area contributed by atoms with Crippen LogP contribution in [0.25, 0.3) is 21.5 Å². The zero-order chi connectivity index (χ0) is 13.5. The lowest BCUT2D eigenvalue weighted by atomic mass is 10.0. The number of benzene rings is 3. The van der Waals surface area contributed by atoms with E-state index in [-0.39, 0.29) is 6.10 Å². The predicted octanol–water partition coefficient (Wildman–Crippen LogP) is 4.08. The van der Waals surface area contributed by atoms with Crippen LogP contribution in [0, 0.1) is 6.92 Å². The second-order valence-corrected chi connectivity index (χ2v) is 5.42. The molecule has 0 aliphatic carbocycles. The Bertz CT molecular complexity index is 788. The monoisotopic (exact) mass is 264 g/mol. The first-order chi connectivity index (χ1) is 9.81. The van der Waals surface area contributed by atoms with E-state index in [4.69, 9.17) is 9.47 Å². The summed E-state index contributed by atoms with van der Waals surface area (Å²) in [6, 6.07) is 17.1. The summed E-state index contributed by atoms with van der Waals surface area (Å²) in [6.07, 6.45) is 0.272. The minimum atomic E-state index is 0.272. The van der Waals surface area contributed by atoms with E-state index in [1.165, 1.54) is 27.1 Å². The minimum absolute atomic E-state index is 0.272. The molecule has 1 heterocycles. The van der Waals surface area contributed by atoms with Gasteiger partial charge < -0.3 is 9.47 Å². The summed E-state index contributed by atoms with van der Waals surface area (Å²) < 4.78 is 11.3. The average Bonchev–Trinajstić information content (AvgIpc) is 3.28. The van der Waals surface area contributed by atoms with Gasteiger partial charge in [0.2, 0.25) is 0 Å². The molecule has 1 unspecified atom stereocenters. The summed E-state index contributed by atoms with van der Waals surface area (Å²) in [5, 5.41) is 4.80. The van der Waals surface area contributed by atoms with Gasteiger partial charge in [-0.25, -0.2) is 0 Å². The maximum absolute atomic E-state index is 6.09. The summed E-state index contributed by atoms with van der Waals surface area (Å²) in [5.74, 6) is 0.984. The summed E-state index contributed by atoms with van der Waals surface area (Å²) >= 11 is 0. The van der Waals surface area contributed by atoms with E-state index < -0.39 is 0 Å². The number of epoxide rings is 1. The molecule has 1 aliphatic heterocycles. The van der Waals surface area contributed by atoms with Crippen molar-refractivity contribution in [2.75, 3.05) is 13.2 Å². The summed E-state index contributed by atoms with van der Waals surface area (Å²) in [6.45, 7) is 3.57. The van der Waals surface area contributed by atoms with Gasteiger partial charge in [-0.3, -0.25) is 0 Å². The van der Waals surface area contributed by atoms with Crippen LogP contribution in [0.3, 0.4) is 0 Å². The molecule has 4 rings (SSSR count). The normalized spacial score (nSPS) is 17.6. The zero-order valence-electron chi connectivity index (χ0n) is 11.4. The molecule has 1 aliphatic rings. The van der Waals surface area contributed by atoms with Gasteiger partial charge >= 0.3 is 0 Å². The van der Waals surface area contributed by atoms with E-state index in [9.17, 15) is 0 Å². The van der Waals surface area contributed by atoms with Crippen molar-refractivity contribution in [2.45, 2.75) is 13.0 Å². The topological polar surface area (TPSA) is 21.8 Å². The van der Waals surface area contributed by atoms with Gasteiger partial charge in [0.05, 0.1) is 6.61 Å². The molecule has 0 saturated carbocycles. The molecule has 0 spiro atoms. The molecular formula is C18H16O2.